The molecule has 0 saturated carbocycles. The number of thiophene rings is 1. The molecule has 2 heterocycles. The molecule has 2 rings (SSSR count). The normalized spacial score (nSPS) is 27.0. The number of thioether (sulfide) groups is 2. The maximum absolute atomic E-state index is 5.81. The number of aryl methyl sites for hydroxylation is 1. The number of nitrogens with two attached hydrogens (primary N) is 1. The van der Waals surface area contributed by atoms with Crippen molar-refractivity contribution in [3.05, 3.63) is 21.9 Å². The summed E-state index contributed by atoms with van der Waals surface area (Å²) in [5.41, 5.74) is 4.42. The topological polar surface area (TPSA) is 38.0 Å². The van der Waals surface area contributed by atoms with E-state index in [1.165, 1.54) is 28.4 Å². The smallest absolute Gasteiger partial charge is 0.0685 e. The van der Waals surface area contributed by atoms with E-state index >= 15 is 0 Å². The van der Waals surface area contributed by atoms with E-state index in [2.05, 4.69) is 54.2 Å². The van der Waals surface area contributed by atoms with Crippen LogP contribution in [0.5, 0.6) is 0 Å². The lowest BCUT2D eigenvalue weighted by Crippen LogP contribution is -2.41. The monoisotopic (exact) mass is 288 g/mol. The molecule has 0 radical (unpaired) electrons. The van der Waals surface area contributed by atoms with Gasteiger partial charge in [0.2, 0.25) is 0 Å². The van der Waals surface area contributed by atoms with Crippen molar-refractivity contribution < 1.29 is 0 Å². The predicted octanol–water partition coefficient (Wildman–Crippen LogP) is 3.19. The molecule has 1 aromatic heterocycles. The second-order valence-corrected chi connectivity index (χ2v) is 7.85. The molecule has 1 aromatic rings. The lowest BCUT2D eigenvalue weighted by atomic mass is 10.1. The molecule has 5 heteroatoms. The first-order chi connectivity index (χ1) is 8.27. The van der Waals surface area contributed by atoms with E-state index in [0.717, 1.165) is 5.25 Å². The number of rotatable bonds is 4. The predicted molar refractivity (Wildman–Crippen MR) is 81.9 cm³/mol. The molecule has 3 N–H and O–H groups in total. The Morgan fingerprint density at radius 2 is 2.24 bits per heavy atom. The van der Waals surface area contributed by atoms with Gasteiger partial charge in [-0.15, -0.1) is 11.3 Å². The van der Waals surface area contributed by atoms with Crippen molar-refractivity contribution in [3.8, 4) is 0 Å². The Kier molecular flexibility index (Phi) is 5.24. The minimum atomic E-state index is 0.303. The fourth-order valence-corrected chi connectivity index (χ4v) is 6.60. The van der Waals surface area contributed by atoms with Gasteiger partial charge in [-0.05, 0) is 30.4 Å². The van der Waals surface area contributed by atoms with E-state index in [-0.39, 0.29) is 0 Å². The fourth-order valence-electron chi connectivity index (χ4n) is 2.27. The first-order valence-electron chi connectivity index (χ1n) is 6.01. The van der Waals surface area contributed by atoms with Crippen LogP contribution in [0.15, 0.2) is 11.4 Å². The summed E-state index contributed by atoms with van der Waals surface area (Å²) in [6, 6.07) is 2.49. The molecular weight excluding hydrogens is 268 g/mol. The number of hydrogen-bond donors (Lipinski definition) is 2. The summed E-state index contributed by atoms with van der Waals surface area (Å²) < 4.78 is 0. The molecule has 96 valence electrons. The largest absolute Gasteiger partial charge is 0.271 e. The lowest BCUT2D eigenvalue weighted by Gasteiger charge is -2.35. The standard InChI is InChI=1S/C12H20N2S3/c1-3-9-12(17-7-6-15-9)10(14-13)11-8(2)4-5-16-11/h4-5,9-10,12,14H,3,6-7,13H2,1-2H3. The Morgan fingerprint density at radius 1 is 1.47 bits per heavy atom. The molecule has 3 atom stereocenters. The van der Waals surface area contributed by atoms with Crippen molar-refractivity contribution in [3.63, 3.8) is 0 Å². The van der Waals surface area contributed by atoms with Gasteiger partial charge in [0.25, 0.3) is 0 Å². The Bertz CT molecular complexity index is 353. The van der Waals surface area contributed by atoms with Crippen LogP contribution in [0, 0.1) is 6.92 Å². The van der Waals surface area contributed by atoms with Gasteiger partial charge in [0.15, 0.2) is 0 Å². The molecule has 3 unspecified atom stereocenters. The molecular formula is C12H20N2S3. The van der Waals surface area contributed by atoms with Gasteiger partial charge in [0.05, 0.1) is 6.04 Å². The zero-order valence-corrected chi connectivity index (χ0v) is 12.8. The summed E-state index contributed by atoms with van der Waals surface area (Å²) in [6.07, 6.45) is 1.23. The summed E-state index contributed by atoms with van der Waals surface area (Å²) in [7, 11) is 0. The molecule has 1 saturated heterocycles. The molecule has 17 heavy (non-hydrogen) atoms. The van der Waals surface area contributed by atoms with Gasteiger partial charge in [-0.3, -0.25) is 11.3 Å². The summed E-state index contributed by atoms with van der Waals surface area (Å²) in [4.78, 5) is 1.41. The van der Waals surface area contributed by atoms with Crippen molar-refractivity contribution in [2.75, 3.05) is 11.5 Å². The molecule has 1 fully saturated rings. The molecule has 1 aliphatic rings. The van der Waals surface area contributed by atoms with Crippen molar-refractivity contribution >= 4 is 34.9 Å². The van der Waals surface area contributed by atoms with Gasteiger partial charge >= 0.3 is 0 Å². The maximum atomic E-state index is 5.81. The van der Waals surface area contributed by atoms with Crippen LogP contribution < -0.4 is 11.3 Å². The first kappa shape index (κ1) is 13.7. The first-order valence-corrected chi connectivity index (χ1v) is 8.99. The Labute approximate surface area is 116 Å². The van der Waals surface area contributed by atoms with Crippen molar-refractivity contribution in [1.82, 2.24) is 5.43 Å². The van der Waals surface area contributed by atoms with Gasteiger partial charge in [-0.2, -0.15) is 23.5 Å². The average Bonchev–Trinajstić information content (AvgIpc) is 2.78. The SMILES string of the molecule is CCC1SCCSC1C(NN)c1sccc1C. The Balaban J connectivity index is 2.19. The molecule has 0 aromatic carbocycles. The van der Waals surface area contributed by atoms with Crippen LogP contribution in [-0.4, -0.2) is 22.0 Å². The van der Waals surface area contributed by atoms with Gasteiger partial charge in [0, 0.05) is 26.9 Å². The highest BCUT2D eigenvalue weighted by atomic mass is 32.2. The number of hydrazine groups is 1. The van der Waals surface area contributed by atoms with E-state index < -0.39 is 0 Å². The molecule has 2 nitrogen and oxygen atoms in total. The van der Waals surface area contributed by atoms with E-state index in [1.54, 1.807) is 0 Å². The molecule has 0 spiro atoms. The molecule has 0 amide bonds. The van der Waals surface area contributed by atoms with Crippen LogP contribution in [0.1, 0.15) is 29.8 Å². The highest BCUT2D eigenvalue weighted by Crippen LogP contribution is 2.41. The molecule has 0 aliphatic carbocycles. The molecule has 0 bridgehead atoms. The number of hydrogen-bond acceptors (Lipinski definition) is 5. The quantitative estimate of drug-likeness (QED) is 0.659. The van der Waals surface area contributed by atoms with Gasteiger partial charge in [-0.1, -0.05) is 6.92 Å². The highest BCUT2D eigenvalue weighted by molar-refractivity contribution is 8.07. The second kappa shape index (κ2) is 6.48. The second-order valence-electron chi connectivity index (χ2n) is 4.27. The van der Waals surface area contributed by atoms with E-state index in [4.69, 9.17) is 5.84 Å². The van der Waals surface area contributed by atoms with E-state index in [1.807, 2.05) is 11.3 Å². The summed E-state index contributed by atoms with van der Waals surface area (Å²) >= 11 is 6.01. The third-order valence-corrected chi connectivity index (χ3v) is 7.64. The minimum Gasteiger partial charge on any atom is -0.271 e. The van der Waals surface area contributed by atoms with Gasteiger partial charge in [0.1, 0.15) is 0 Å². The van der Waals surface area contributed by atoms with Gasteiger partial charge in [-0.25, -0.2) is 0 Å². The van der Waals surface area contributed by atoms with Crippen LogP contribution in [0.4, 0.5) is 0 Å². The van der Waals surface area contributed by atoms with Gasteiger partial charge < -0.3 is 0 Å². The summed E-state index contributed by atoms with van der Waals surface area (Å²) in [5, 5.41) is 3.48. The Morgan fingerprint density at radius 3 is 2.82 bits per heavy atom. The lowest BCUT2D eigenvalue weighted by molar-refractivity contribution is 0.519. The highest BCUT2D eigenvalue weighted by Gasteiger charge is 2.33. The Hall–Kier alpha value is 0.320. The minimum absolute atomic E-state index is 0.303. The summed E-state index contributed by atoms with van der Waals surface area (Å²) in [5.74, 6) is 8.34. The van der Waals surface area contributed by atoms with Crippen LogP contribution in [0.3, 0.4) is 0 Å². The van der Waals surface area contributed by atoms with E-state index in [0.29, 0.717) is 11.3 Å². The fraction of sp³-hybridized carbons (Fsp3) is 0.667. The third-order valence-electron chi connectivity index (χ3n) is 3.19. The number of nitrogens with one attached hydrogen (secondary N) is 1. The zero-order chi connectivity index (χ0) is 12.3. The maximum Gasteiger partial charge on any atom is 0.0685 e. The van der Waals surface area contributed by atoms with Crippen LogP contribution in [0.25, 0.3) is 0 Å². The van der Waals surface area contributed by atoms with Crippen molar-refractivity contribution in [2.45, 2.75) is 36.8 Å². The zero-order valence-electron chi connectivity index (χ0n) is 10.3. The van der Waals surface area contributed by atoms with Crippen molar-refractivity contribution in [2.24, 2.45) is 5.84 Å². The average molecular weight is 289 g/mol. The third kappa shape index (κ3) is 3.01. The van der Waals surface area contributed by atoms with Crippen LogP contribution >= 0.6 is 34.9 Å². The van der Waals surface area contributed by atoms with E-state index in [9.17, 15) is 0 Å². The molecule has 1 aliphatic heterocycles. The van der Waals surface area contributed by atoms with Crippen LogP contribution in [0.2, 0.25) is 0 Å². The van der Waals surface area contributed by atoms with Crippen LogP contribution in [-0.2, 0) is 0 Å². The van der Waals surface area contributed by atoms with Crippen molar-refractivity contribution in [1.29, 1.82) is 0 Å². The summed E-state index contributed by atoms with van der Waals surface area (Å²) in [6.45, 7) is 4.46.